The van der Waals surface area contributed by atoms with Crippen molar-refractivity contribution in [1.29, 1.82) is 0 Å². The molecule has 0 aliphatic rings. The summed E-state index contributed by atoms with van der Waals surface area (Å²) in [6.07, 6.45) is 2.21. The Kier molecular flexibility index (Phi) is 8.62. The van der Waals surface area contributed by atoms with Crippen LogP contribution in [0.5, 0.6) is 0 Å². The van der Waals surface area contributed by atoms with E-state index < -0.39 is 23.7 Å². The SMILES string of the molecule is CC[C@@H](C(=O)O)N(CCCCCCl)C(=O)OC(C)(C)C. The van der Waals surface area contributed by atoms with Gasteiger partial charge in [-0.1, -0.05) is 13.3 Å². The summed E-state index contributed by atoms with van der Waals surface area (Å²) in [5.41, 5.74) is -0.637. The van der Waals surface area contributed by atoms with Gasteiger partial charge in [0.15, 0.2) is 0 Å². The average molecular weight is 308 g/mol. The molecular formula is C14H26ClNO4. The van der Waals surface area contributed by atoms with Crippen molar-refractivity contribution in [3.63, 3.8) is 0 Å². The van der Waals surface area contributed by atoms with Crippen LogP contribution in [-0.2, 0) is 9.53 Å². The first kappa shape index (κ1) is 19.0. The van der Waals surface area contributed by atoms with Gasteiger partial charge in [-0.15, -0.1) is 11.6 Å². The number of aliphatic carboxylic acids is 1. The van der Waals surface area contributed by atoms with Crippen LogP contribution in [0.25, 0.3) is 0 Å². The monoisotopic (exact) mass is 307 g/mol. The summed E-state index contributed by atoms with van der Waals surface area (Å²) in [7, 11) is 0. The fourth-order valence-electron chi connectivity index (χ4n) is 1.78. The number of nitrogens with zero attached hydrogens (tertiary/aromatic N) is 1. The molecule has 0 aliphatic heterocycles. The molecule has 1 N–H and O–H groups in total. The van der Waals surface area contributed by atoms with E-state index in [9.17, 15) is 14.7 Å². The molecule has 0 saturated carbocycles. The highest BCUT2D eigenvalue weighted by Gasteiger charge is 2.31. The number of halogens is 1. The van der Waals surface area contributed by atoms with Crippen molar-refractivity contribution in [3.05, 3.63) is 0 Å². The van der Waals surface area contributed by atoms with E-state index >= 15 is 0 Å². The molecule has 0 rings (SSSR count). The van der Waals surface area contributed by atoms with E-state index in [0.29, 0.717) is 18.8 Å². The largest absolute Gasteiger partial charge is 0.480 e. The predicted molar refractivity (Wildman–Crippen MR) is 79.2 cm³/mol. The summed E-state index contributed by atoms with van der Waals surface area (Å²) in [6, 6.07) is -0.846. The Hall–Kier alpha value is -0.970. The van der Waals surface area contributed by atoms with Gasteiger partial charge in [0.25, 0.3) is 0 Å². The zero-order valence-electron chi connectivity index (χ0n) is 12.8. The van der Waals surface area contributed by atoms with E-state index in [0.717, 1.165) is 19.3 Å². The minimum absolute atomic E-state index is 0.351. The summed E-state index contributed by atoms with van der Waals surface area (Å²) in [5.74, 6) is -0.432. The fourth-order valence-corrected chi connectivity index (χ4v) is 1.97. The Balaban J connectivity index is 4.76. The fraction of sp³-hybridized carbons (Fsp3) is 0.857. The Bertz CT molecular complexity index is 315. The van der Waals surface area contributed by atoms with Gasteiger partial charge >= 0.3 is 12.1 Å². The molecule has 0 saturated heterocycles. The lowest BCUT2D eigenvalue weighted by atomic mass is 10.1. The molecule has 0 radical (unpaired) electrons. The Morgan fingerprint density at radius 2 is 1.85 bits per heavy atom. The molecule has 0 unspecified atom stereocenters. The van der Waals surface area contributed by atoms with Gasteiger partial charge in [-0.25, -0.2) is 9.59 Å². The number of carboxylic acid groups (broad SMARTS) is 1. The Morgan fingerprint density at radius 1 is 1.25 bits per heavy atom. The minimum Gasteiger partial charge on any atom is -0.480 e. The molecule has 1 atom stereocenters. The maximum atomic E-state index is 12.1. The second kappa shape index (κ2) is 9.06. The number of carboxylic acids is 1. The third-order valence-electron chi connectivity index (χ3n) is 2.71. The normalized spacial score (nSPS) is 12.8. The molecular weight excluding hydrogens is 282 g/mol. The molecule has 0 aromatic rings. The van der Waals surface area contributed by atoms with Crippen molar-refractivity contribution in [2.45, 2.75) is 65.0 Å². The number of ether oxygens (including phenoxy) is 1. The molecule has 0 fully saturated rings. The lowest BCUT2D eigenvalue weighted by Gasteiger charge is -2.31. The number of alkyl halides is 1. The van der Waals surface area contributed by atoms with Crippen LogP contribution in [0.3, 0.4) is 0 Å². The van der Waals surface area contributed by atoms with Crippen LogP contribution in [0.4, 0.5) is 4.79 Å². The van der Waals surface area contributed by atoms with E-state index in [1.807, 2.05) is 0 Å². The smallest absolute Gasteiger partial charge is 0.411 e. The Labute approximate surface area is 126 Å². The summed E-state index contributed by atoms with van der Waals surface area (Å²) in [5, 5.41) is 9.22. The second-order valence-electron chi connectivity index (χ2n) is 5.69. The van der Waals surface area contributed by atoms with E-state index in [1.54, 1.807) is 27.7 Å². The second-order valence-corrected chi connectivity index (χ2v) is 6.06. The number of unbranched alkanes of at least 4 members (excludes halogenated alkanes) is 2. The summed E-state index contributed by atoms with van der Waals surface area (Å²) in [6.45, 7) is 7.40. The van der Waals surface area contributed by atoms with Gasteiger partial charge in [0.2, 0.25) is 0 Å². The number of hydrogen-bond donors (Lipinski definition) is 1. The number of amides is 1. The van der Waals surface area contributed by atoms with E-state index in [4.69, 9.17) is 16.3 Å². The van der Waals surface area contributed by atoms with Gasteiger partial charge in [0.1, 0.15) is 11.6 Å². The zero-order chi connectivity index (χ0) is 15.8. The van der Waals surface area contributed by atoms with E-state index in [-0.39, 0.29) is 0 Å². The first-order chi connectivity index (χ1) is 9.22. The van der Waals surface area contributed by atoms with Gasteiger partial charge in [0.05, 0.1) is 0 Å². The minimum atomic E-state index is -1.00. The molecule has 5 nitrogen and oxygen atoms in total. The predicted octanol–water partition coefficient (Wildman–Crippen LogP) is 3.50. The van der Waals surface area contributed by atoms with E-state index in [2.05, 4.69) is 0 Å². The van der Waals surface area contributed by atoms with Gasteiger partial charge in [-0.2, -0.15) is 0 Å². The van der Waals surface area contributed by atoms with Crippen molar-refractivity contribution in [3.8, 4) is 0 Å². The third kappa shape index (κ3) is 7.58. The molecule has 118 valence electrons. The quantitative estimate of drug-likeness (QED) is 0.550. The van der Waals surface area contributed by atoms with Crippen molar-refractivity contribution in [1.82, 2.24) is 4.90 Å². The van der Waals surface area contributed by atoms with Crippen molar-refractivity contribution in [2.75, 3.05) is 12.4 Å². The topological polar surface area (TPSA) is 66.8 Å². The van der Waals surface area contributed by atoms with Crippen LogP contribution >= 0.6 is 11.6 Å². The van der Waals surface area contributed by atoms with Crippen molar-refractivity contribution in [2.24, 2.45) is 0 Å². The zero-order valence-corrected chi connectivity index (χ0v) is 13.6. The van der Waals surface area contributed by atoms with Crippen LogP contribution in [0.1, 0.15) is 53.4 Å². The summed E-state index contributed by atoms with van der Waals surface area (Å²) < 4.78 is 5.29. The molecule has 0 aromatic carbocycles. The first-order valence-electron chi connectivity index (χ1n) is 7.01. The number of carbonyl (C=O) groups is 2. The molecule has 20 heavy (non-hydrogen) atoms. The molecule has 0 bridgehead atoms. The lowest BCUT2D eigenvalue weighted by molar-refractivity contribution is -0.143. The molecule has 0 heterocycles. The average Bonchev–Trinajstić information content (AvgIpc) is 2.30. The molecule has 0 aliphatic carbocycles. The molecule has 0 spiro atoms. The van der Waals surface area contributed by atoms with Crippen LogP contribution in [0.2, 0.25) is 0 Å². The summed E-state index contributed by atoms with van der Waals surface area (Å²) >= 11 is 5.61. The van der Waals surface area contributed by atoms with Gasteiger partial charge < -0.3 is 9.84 Å². The maximum Gasteiger partial charge on any atom is 0.411 e. The highest BCUT2D eigenvalue weighted by Crippen LogP contribution is 2.15. The molecule has 0 aromatic heterocycles. The first-order valence-corrected chi connectivity index (χ1v) is 7.54. The third-order valence-corrected chi connectivity index (χ3v) is 2.98. The molecule has 6 heteroatoms. The molecule has 1 amide bonds. The highest BCUT2D eigenvalue weighted by molar-refractivity contribution is 6.17. The number of carbonyl (C=O) groups excluding carboxylic acids is 1. The van der Waals surface area contributed by atoms with Gasteiger partial charge in [-0.3, -0.25) is 4.90 Å². The van der Waals surface area contributed by atoms with Crippen LogP contribution < -0.4 is 0 Å². The number of hydrogen-bond acceptors (Lipinski definition) is 3. The standard InChI is InChI=1S/C14H26ClNO4/c1-5-11(12(17)18)16(10-8-6-7-9-15)13(19)20-14(2,3)4/h11H,5-10H2,1-4H3,(H,17,18)/t11-/m0/s1. The van der Waals surface area contributed by atoms with Crippen LogP contribution in [-0.4, -0.2) is 46.1 Å². The number of rotatable bonds is 8. The maximum absolute atomic E-state index is 12.1. The summed E-state index contributed by atoms with van der Waals surface area (Å²) in [4.78, 5) is 24.7. The highest BCUT2D eigenvalue weighted by atomic mass is 35.5. The lowest BCUT2D eigenvalue weighted by Crippen LogP contribution is -2.47. The van der Waals surface area contributed by atoms with Crippen LogP contribution in [0.15, 0.2) is 0 Å². The van der Waals surface area contributed by atoms with Crippen molar-refractivity contribution < 1.29 is 19.4 Å². The Morgan fingerprint density at radius 3 is 2.25 bits per heavy atom. The van der Waals surface area contributed by atoms with Crippen LogP contribution in [0, 0.1) is 0 Å². The van der Waals surface area contributed by atoms with Gasteiger partial charge in [0, 0.05) is 12.4 Å². The van der Waals surface area contributed by atoms with E-state index in [1.165, 1.54) is 4.90 Å². The van der Waals surface area contributed by atoms with Crippen molar-refractivity contribution >= 4 is 23.7 Å². The van der Waals surface area contributed by atoms with Gasteiger partial charge in [-0.05, 0) is 40.0 Å².